The molecule has 1 aliphatic carbocycles. The molecular weight excluding hydrogens is 573 g/mol. The van der Waals surface area contributed by atoms with Crippen LogP contribution in [0.4, 0.5) is 41.0 Å². The zero-order valence-electron chi connectivity index (χ0n) is 24.0. The minimum atomic E-state index is -4.53. The van der Waals surface area contributed by atoms with Gasteiger partial charge in [-0.3, -0.25) is 4.79 Å². The molecule has 0 atom stereocenters. The van der Waals surface area contributed by atoms with Gasteiger partial charge in [-0.05, 0) is 73.4 Å². The lowest BCUT2D eigenvalue weighted by molar-refractivity contribution is -0.137. The Balaban J connectivity index is 1.18. The largest absolute Gasteiger partial charge is 0.497 e. The average Bonchev–Trinajstić information content (AvgIpc) is 3.81. The van der Waals surface area contributed by atoms with Crippen LogP contribution in [-0.2, 0) is 29.5 Å². The summed E-state index contributed by atoms with van der Waals surface area (Å²) in [6.45, 7) is 2.64. The summed E-state index contributed by atoms with van der Waals surface area (Å²) in [7, 11) is 1.62. The van der Waals surface area contributed by atoms with Gasteiger partial charge in [0, 0.05) is 35.4 Å². The number of fused-ring (bicyclic) bond motifs is 2. The number of alkyl halides is 3. The zero-order valence-corrected chi connectivity index (χ0v) is 24.0. The first-order valence-electron chi connectivity index (χ1n) is 14.0. The number of benzene rings is 3. The molecule has 3 N–H and O–H groups in total. The summed E-state index contributed by atoms with van der Waals surface area (Å²) < 4.78 is 44.4. The highest BCUT2D eigenvalue weighted by Gasteiger charge is 2.58. The number of amides is 3. The van der Waals surface area contributed by atoms with E-state index >= 15 is 0 Å². The van der Waals surface area contributed by atoms with Crippen LogP contribution in [0.1, 0.15) is 40.8 Å². The Morgan fingerprint density at radius 3 is 2.43 bits per heavy atom. The summed E-state index contributed by atoms with van der Waals surface area (Å²) in [5, 5.41) is 8.34. The maximum Gasteiger partial charge on any atom is 0.416 e. The van der Waals surface area contributed by atoms with Gasteiger partial charge in [-0.25, -0.2) is 14.8 Å². The zero-order chi connectivity index (χ0) is 31.1. The minimum Gasteiger partial charge on any atom is -0.497 e. The van der Waals surface area contributed by atoms with Crippen molar-refractivity contribution in [2.75, 3.05) is 28.0 Å². The number of hydrogen-bond acceptors (Lipinski definition) is 6. The lowest BCUT2D eigenvalue weighted by Gasteiger charge is -2.34. The van der Waals surface area contributed by atoms with Gasteiger partial charge in [-0.2, -0.15) is 13.2 Å². The third kappa shape index (κ3) is 5.75. The van der Waals surface area contributed by atoms with E-state index in [1.165, 1.54) is 12.1 Å². The van der Waals surface area contributed by atoms with E-state index in [9.17, 15) is 22.8 Å². The van der Waals surface area contributed by atoms with Crippen LogP contribution in [0.5, 0.6) is 5.75 Å². The molecule has 1 fully saturated rings. The molecule has 6 rings (SSSR count). The van der Waals surface area contributed by atoms with Crippen LogP contribution in [0.15, 0.2) is 72.9 Å². The van der Waals surface area contributed by atoms with Gasteiger partial charge in [-0.1, -0.05) is 24.3 Å². The topological polar surface area (TPSA) is 108 Å². The van der Waals surface area contributed by atoms with Crippen molar-refractivity contribution in [3.8, 4) is 5.75 Å². The van der Waals surface area contributed by atoms with Crippen molar-refractivity contribution < 1.29 is 27.5 Å². The second-order valence-corrected chi connectivity index (χ2v) is 10.9. The summed E-state index contributed by atoms with van der Waals surface area (Å²) in [5.74, 6) is 1.15. The van der Waals surface area contributed by atoms with Gasteiger partial charge < -0.3 is 25.6 Å². The predicted molar refractivity (Wildman–Crippen MR) is 160 cm³/mol. The molecule has 1 saturated carbocycles. The average molecular weight is 603 g/mol. The summed E-state index contributed by atoms with van der Waals surface area (Å²) in [6, 6.07) is 16.5. The third-order valence-corrected chi connectivity index (χ3v) is 7.87. The number of anilines is 4. The number of nitrogens with one attached hydrogen (secondary N) is 3. The lowest BCUT2D eigenvalue weighted by Crippen LogP contribution is -2.45. The molecule has 1 spiro atoms. The van der Waals surface area contributed by atoms with E-state index in [1.807, 2.05) is 31.2 Å². The molecule has 0 saturated heterocycles. The Bertz CT molecular complexity index is 1740. The van der Waals surface area contributed by atoms with Crippen molar-refractivity contribution in [1.82, 2.24) is 9.97 Å². The van der Waals surface area contributed by atoms with Gasteiger partial charge in [-0.15, -0.1) is 0 Å². The number of ether oxygens (including phenoxy) is 1. The van der Waals surface area contributed by atoms with E-state index in [2.05, 4.69) is 20.9 Å². The van der Waals surface area contributed by atoms with Crippen molar-refractivity contribution >= 4 is 34.9 Å². The smallest absolute Gasteiger partial charge is 0.416 e. The number of aryl methyl sites for hydroxylation is 1. The molecule has 4 aromatic rings. The van der Waals surface area contributed by atoms with Gasteiger partial charge in [0.25, 0.3) is 0 Å². The second-order valence-electron chi connectivity index (χ2n) is 10.9. The number of hydrogen-bond donors (Lipinski definition) is 3. The van der Waals surface area contributed by atoms with Gasteiger partial charge in [0.05, 0.1) is 30.3 Å². The highest BCUT2D eigenvalue weighted by atomic mass is 19.4. The molecule has 0 bridgehead atoms. The van der Waals surface area contributed by atoms with E-state index in [0.29, 0.717) is 36.7 Å². The fourth-order valence-electron chi connectivity index (χ4n) is 5.36. The third-order valence-electron chi connectivity index (χ3n) is 7.87. The Morgan fingerprint density at radius 1 is 1.02 bits per heavy atom. The van der Waals surface area contributed by atoms with Crippen molar-refractivity contribution in [1.29, 1.82) is 0 Å². The summed E-state index contributed by atoms with van der Waals surface area (Å²) >= 11 is 0. The first-order chi connectivity index (χ1) is 21.1. The number of nitrogens with zero attached hydrogens (tertiary/aromatic N) is 3. The van der Waals surface area contributed by atoms with E-state index in [-0.39, 0.29) is 18.1 Å². The lowest BCUT2D eigenvalue weighted by atomic mass is 9.91. The Kier molecular flexibility index (Phi) is 7.36. The molecule has 1 aromatic heterocycles. The highest BCUT2D eigenvalue weighted by Crippen LogP contribution is 2.53. The van der Waals surface area contributed by atoms with Crippen LogP contribution in [-0.4, -0.2) is 29.0 Å². The second kappa shape index (κ2) is 11.2. The van der Waals surface area contributed by atoms with Crippen LogP contribution in [0, 0.1) is 6.92 Å². The van der Waals surface area contributed by atoms with Crippen molar-refractivity contribution in [2.45, 2.75) is 44.4 Å². The van der Waals surface area contributed by atoms with Crippen LogP contribution in [0.3, 0.4) is 0 Å². The molecule has 3 amide bonds. The molecule has 2 heterocycles. The summed E-state index contributed by atoms with van der Waals surface area (Å²) in [5.41, 5.74) is 2.83. The highest BCUT2D eigenvalue weighted by molar-refractivity contribution is 6.06. The summed E-state index contributed by atoms with van der Waals surface area (Å²) in [6.07, 6.45) is -1.45. The van der Waals surface area contributed by atoms with Crippen LogP contribution < -0.4 is 25.6 Å². The molecular formula is C32H29F3N6O3. The maximum absolute atomic E-state index is 13.9. The van der Waals surface area contributed by atoms with Crippen LogP contribution >= 0.6 is 0 Å². The van der Waals surface area contributed by atoms with Gasteiger partial charge in [0.15, 0.2) is 0 Å². The van der Waals surface area contributed by atoms with E-state index in [0.717, 1.165) is 40.3 Å². The molecule has 9 nitrogen and oxygen atoms in total. The molecule has 0 radical (unpaired) electrons. The fourth-order valence-corrected chi connectivity index (χ4v) is 5.36. The minimum absolute atomic E-state index is 0.000934. The Labute approximate surface area is 251 Å². The first kappa shape index (κ1) is 29.0. The number of methoxy groups -OCH3 is 1. The monoisotopic (exact) mass is 602 g/mol. The molecule has 0 unspecified atom stereocenters. The maximum atomic E-state index is 13.9. The summed E-state index contributed by atoms with van der Waals surface area (Å²) in [4.78, 5) is 37.5. The SMILES string of the molecule is COc1ccc(CNc2ncc3c(n2)C2(CC2)C(=O)N(c2cc(NC(=O)Nc4cccc(C(F)(F)F)c4)ccc2C)C3)cc1. The number of carbonyl (C=O) groups is 2. The Hall–Kier alpha value is -5.13. The first-order valence-corrected chi connectivity index (χ1v) is 14.0. The van der Waals surface area contributed by atoms with Gasteiger partial charge in [0.1, 0.15) is 5.75 Å². The van der Waals surface area contributed by atoms with Crippen LogP contribution in [0.25, 0.3) is 0 Å². The number of carbonyl (C=O) groups excluding carboxylic acids is 2. The number of urea groups is 1. The van der Waals surface area contributed by atoms with E-state index in [1.54, 1.807) is 36.4 Å². The number of aromatic nitrogens is 2. The molecule has 12 heteroatoms. The number of rotatable bonds is 7. The Morgan fingerprint density at radius 2 is 1.75 bits per heavy atom. The quantitative estimate of drug-likeness (QED) is 0.219. The molecule has 44 heavy (non-hydrogen) atoms. The predicted octanol–water partition coefficient (Wildman–Crippen LogP) is 6.65. The number of halogens is 3. The normalized spacial score (nSPS) is 15.0. The van der Waals surface area contributed by atoms with E-state index in [4.69, 9.17) is 9.72 Å². The molecule has 226 valence electrons. The van der Waals surface area contributed by atoms with Gasteiger partial charge >= 0.3 is 12.2 Å². The van der Waals surface area contributed by atoms with Crippen molar-refractivity contribution in [3.63, 3.8) is 0 Å². The van der Waals surface area contributed by atoms with Crippen molar-refractivity contribution in [2.24, 2.45) is 0 Å². The fraction of sp³-hybridized carbons (Fsp3) is 0.250. The molecule has 2 aliphatic rings. The van der Waals surface area contributed by atoms with Crippen LogP contribution in [0.2, 0.25) is 0 Å². The standard InChI is InChI=1S/C32H29F3N6O3/c1-19-6-9-24(39-30(43)38-23-5-3-4-22(14-23)32(33,34)35)15-26(19)41-18-21-17-37-29(40-27(21)31(12-13-31)28(41)42)36-16-20-7-10-25(44-2)11-8-20/h3-11,14-15,17H,12-13,16,18H2,1-2H3,(H,36,37,40)(H2,38,39,43). The molecule has 1 aliphatic heterocycles. The van der Waals surface area contributed by atoms with Crippen molar-refractivity contribution in [3.05, 3.63) is 101 Å². The van der Waals surface area contributed by atoms with Gasteiger partial charge in [0.2, 0.25) is 11.9 Å². The van der Waals surface area contributed by atoms with E-state index < -0.39 is 23.2 Å². The molecule has 3 aromatic carbocycles.